The van der Waals surface area contributed by atoms with E-state index in [1.165, 1.54) is 83.7 Å². The summed E-state index contributed by atoms with van der Waals surface area (Å²) in [6.45, 7) is 3.30. The predicted molar refractivity (Wildman–Crippen MR) is 82.8 cm³/mol. The molecule has 3 nitrogen and oxygen atoms in total. The van der Waals surface area contributed by atoms with Gasteiger partial charge in [0.2, 0.25) is 0 Å². The quantitative estimate of drug-likeness (QED) is 0.841. The van der Waals surface area contributed by atoms with Gasteiger partial charge in [-0.15, -0.1) is 0 Å². The molecule has 2 heterocycles. The lowest BCUT2D eigenvalue weighted by Crippen LogP contribution is -2.38. The Balaban J connectivity index is 1.48. The zero-order valence-electron chi connectivity index (χ0n) is 13.0. The van der Waals surface area contributed by atoms with Gasteiger partial charge in [-0.3, -0.25) is 4.90 Å². The van der Waals surface area contributed by atoms with Crippen LogP contribution in [0.5, 0.6) is 0 Å². The summed E-state index contributed by atoms with van der Waals surface area (Å²) in [5.41, 5.74) is 5.95. The predicted octanol–water partition coefficient (Wildman–Crippen LogP) is 3.07. The van der Waals surface area contributed by atoms with Gasteiger partial charge < -0.3 is 10.5 Å². The van der Waals surface area contributed by atoms with Crippen LogP contribution in [0.1, 0.15) is 70.6 Å². The van der Waals surface area contributed by atoms with Gasteiger partial charge in [0, 0.05) is 12.6 Å². The van der Waals surface area contributed by atoms with Gasteiger partial charge in [0.05, 0.1) is 11.7 Å². The highest BCUT2D eigenvalue weighted by Crippen LogP contribution is 2.42. The van der Waals surface area contributed by atoms with Gasteiger partial charge in [-0.25, -0.2) is 0 Å². The van der Waals surface area contributed by atoms with Crippen LogP contribution in [0.25, 0.3) is 0 Å². The van der Waals surface area contributed by atoms with Crippen LogP contribution in [0.3, 0.4) is 0 Å². The molecule has 2 N–H and O–H groups in total. The molecule has 1 spiro atoms. The van der Waals surface area contributed by atoms with Gasteiger partial charge >= 0.3 is 0 Å². The Bertz CT molecular complexity index is 301. The molecule has 0 aromatic heterocycles. The molecule has 0 amide bonds. The molecule has 3 aliphatic rings. The molecule has 1 aliphatic carbocycles. The number of nitrogens with two attached hydrogens (primary N) is 1. The Morgan fingerprint density at radius 2 is 1.90 bits per heavy atom. The topological polar surface area (TPSA) is 38.5 Å². The molecule has 20 heavy (non-hydrogen) atoms. The molecular weight excluding hydrogens is 248 g/mol. The van der Waals surface area contributed by atoms with E-state index in [0.29, 0.717) is 6.10 Å². The van der Waals surface area contributed by atoms with Crippen molar-refractivity contribution in [3.63, 3.8) is 0 Å². The summed E-state index contributed by atoms with van der Waals surface area (Å²) in [4.78, 5) is 2.70. The fourth-order valence-electron chi connectivity index (χ4n) is 4.67. The van der Waals surface area contributed by atoms with Gasteiger partial charge in [0.1, 0.15) is 0 Å². The van der Waals surface area contributed by atoms with E-state index >= 15 is 0 Å². The van der Waals surface area contributed by atoms with Crippen LogP contribution in [0, 0.1) is 0 Å². The minimum atomic E-state index is 0.287. The highest BCUT2D eigenvalue weighted by Gasteiger charge is 2.41. The van der Waals surface area contributed by atoms with Crippen molar-refractivity contribution in [3.05, 3.63) is 0 Å². The van der Waals surface area contributed by atoms with Crippen molar-refractivity contribution in [2.24, 2.45) is 5.73 Å². The second kappa shape index (κ2) is 6.76. The first kappa shape index (κ1) is 14.8. The first-order chi connectivity index (χ1) is 9.81. The minimum Gasteiger partial charge on any atom is -0.370 e. The van der Waals surface area contributed by atoms with E-state index in [-0.39, 0.29) is 5.60 Å². The van der Waals surface area contributed by atoms with Crippen LogP contribution in [0.15, 0.2) is 0 Å². The SMILES string of the molecule is NCCCC1CCCN1CC1CCC2(CCCCC2)O1. The Morgan fingerprint density at radius 1 is 1.05 bits per heavy atom. The molecule has 0 radical (unpaired) electrons. The second-order valence-corrected chi connectivity index (χ2v) is 7.24. The van der Waals surface area contributed by atoms with Crippen molar-refractivity contribution in [2.45, 2.75) is 88.4 Å². The summed E-state index contributed by atoms with van der Waals surface area (Å²) in [5.74, 6) is 0. The molecule has 3 fully saturated rings. The summed E-state index contributed by atoms with van der Waals surface area (Å²) >= 11 is 0. The molecule has 0 bridgehead atoms. The number of rotatable bonds is 5. The Kier molecular flexibility index (Phi) is 5.00. The highest BCUT2D eigenvalue weighted by atomic mass is 16.5. The van der Waals surface area contributed by atoms with Crippen LogP contribution < -0.4 is 5.73 Å². The standard InChI is InChI=1S/C17H32N2O/c18-12-4-6-15-7-5-13-19(15)14-16-8-11-17(20-16)9-2-1-3-10-17/h15-16H,1-14,18H2. The largest absolute Gasteiger partial charge is 0.370 e. The lowest BCUT2D eigenvalue weighted by molar-refractivity contribution is -0.0728. The minimum absolute atomic E-state index is 0.287. The van der Waals surface area contributed by atoms with E-state index in [4.69, 9.17) is 10.5 Å². The first-order valence-corrected chi connectivity index (χ1v) is 8.93. The third-order valence-corrected chi connectivity index (χ3v) is 5.78. The van der Waals surface area contributed by atoms with E-state index < -0.39 is 0 Å². The molecule has 0 aromatic carbocycles. The molecule has 2 unspecified atom stereocenters. The van der Waals surface area contributed by atoms with Crippen LogP contribution in [-0.4, -0.2) is 42.3 Å². The molecule has 1 saturated carbocycles. The lowest BCUT2D eigenvalue weighted by atomic mass is 9.83. The average molecular weight is 280 g/mol. The van der Waals surface area contributed by atoms with Gasteiger partial charge in [0.15, 0.2) is 0 Å². The molecule has 2 atom stereocenters. The van der Waals surface area contributed by atoms with E-state index in [1.807, 2.05) is 0 Å². The number of nitrogens with zero attached hydrogens (tertiary/aromatic N) is 1. The zero-order valence-corrected chi connectivity index (χ0v) is 13.0. The second-order valence-electron chi connectivity index (χ2n) is 7.24. The molecule has 0 aromatic rings. The van der Waals surface area contributed by atoms with Crippen molar-refractivity contribution >= 4 is 0 Å². The summed E-state index contributed by atoms with van der Waals surface area (Å²) in [6.07, 6.45) is 15.1. The number of hydrogen-bond donors (Lipinski definition) is 1. The maximum Gasteiger partial charge on any atom is 0.0710 e. The fraction of sp³-hybridized carbons (Fsp3) is 1.00. The lowest BCUT2D eigenvalue weighted by Gasteiger charge is -2.34. The van der Waals surface area contributed by atoms with Crippen molar-refractivity contribution in [1.82, 2.24) is 4.90 Å². The third-order valence-electron chi connectivity index (χ3n) is 5.78. The van der Waals surface area contributed by atoms with Crippen LogP contribution in [0.4, 0.5) is 0 Å². The van der Waals surface area contributed by atoms with Crippen molar-refractivity contribution < 1.29 is 4.74 Å². The number of hydrogen-bond acceptors (Lipinski definition) is 3. The molecule has 116 valence electrons. The molecule has 2 saturated heterocycles. The van der Waals surface area contributed by atoms with Crippen LogP contribution >= 0.6 is 0 Å². The summed E-state index contributed by atoms with van der Waals surface area (Å²) in [7, 11) is 0. The smallest absolute Gasteiger partial charge is 0.0710 e. The molecule has 2 aliphatic heterocycles. The normalized spacial score (nSPS) is 34.0. The summed E-state index contributed by atoms with van der Waals surface area (Å²) in [6, 6.07) is 0.782. The number of likely N-dealkylation sites (tertiary alicyclic amines) is 1. The summed E-state index contributed by atoms with van der Waals surface area (Å²) in [5, 5.41) is 0. The molecular formula is C17H32N2O. The van der Waals surface area contributed by atoms with E-state index in [0.717, 1.165) is 12.6 Å². The molecule has 3 heteroatoms. The van der Waals surface area contributed by atoms with Gasteiger partial charge in [-0.2, -0.15) is 0 Å². The third kappa shape index (κ3) is 3.37. The maximum absolute atomic E-state index is 6.54. The van der Waals surface area contributed by atoms with Gasteiger partial charge in [-0.1, -0.05) is 19.3 Å². The average Bonchev–Trinajstić information content (AvgIpc) is 3.06. The van der Waals surface area contributed by atoms with Crippen LogP contribution in [0.2, 0.25) is 0 Å². The Labute approximate surface area is 124 Å². The van der Waals surface area contributed by atoms with E-state index in [2.05, 4.69) is 4.90 Å². The number of ether oxygens (including phenoxy) is 1. The highest BCUT2D eigenvalue weighted by molar-refractivity contribution is 4.93. The van der Waals surface area contributed by atoms with Crippen molar-refractivity contribution in [3.8, 4) is 0 Å². The van der Waals surface area contributed by atoms with E-state index in [1.54, 1.807) is 0 Å². The zero-order chi connectivity index (χ0) is 13.8. The van der Waals surface area contributed by atoms with E-state index in [9.17, 15) is 0 Å². The Hall–Kier alpha value is -0.120. The van der Waals surface area contributed by atoms with Crippen molar-refractivity contribution in [2.75, 3.05) is 19.6 Å². The van der Waals surface area contributed by atoms with Gasteiger partial charge in [-0.05, 0) is 64.5 Å². The first-order valence-electron chi connectivity index (χ1n) is 8.93. The summed E-state index contributed by atoms with van der Waals surface area (Å²) < 4.78 is 6.54. The Morgan fingerprint density at radius 3 is 2.70 bits per heavy atom. The monoisotopic (exact) mass is 280 g/mol. The fourth-order valence-corrected chi connectivity index (χ4v) is 4.67. The molecule has 3 rings (SSSR count). The van der Waals surface area contributed by atoms with Crippen molar-refractivity contribution in [1.29, 1.82) is 0 Å². The maximum atomic E-state index is 6.54. The van der Waals surface area contributed by atoms with Crippen LogP contribution in [-0.2, 0) is 4.74 Å². The van der Waals surface area contributed by atoms with Gasteiger partial charge in [0.25, 0.3) is 0 Å².